The lowest BCUT2D eigenvalue weighted by atomic mass is 10.1. The molecule has 2 aromatic rings. The lowest BCUT2D eigenvalue weighted by Crippen LogP contribution is -2.33. The SMILES string of the molecule is O=C(C1CCCC1)N1CCc2ccc(NS(=O)(=O)c3cccc(F)c3)cc21. The van der Waals surface area contributed by atoms with Crippen molar-refractivity contribution in [1.29, 1.82) is 0 Å². The molecule has 27 heavy (non-hydrogen) atoms. The van der Waals surface area contributed by atoms with Gasteiger partial charge < -0.3 is 4.90 Å². The highest BCUT2D eigenvalue weighted by atomic mass is 32.2. The van der Waals surface area contributed by atoms with Gasteiger partial charge in [0.15, 0.2) is 0 Å². The van der Waals surface area contributed by atoms with Crippen LogP contribution >= 0.6 is 0 Å². The van der Waals surface area contributed by atoms with Gasteiger partial charge in [-0.15, -0.1) is 0 Å². The van der Waals surface area contributed by atoms with E-state index in [4.69, 9.17) is 0 Å². The van der Waals surface area contributed by atoms with Gasteiger partial charge in [0, 0.05) is 18.2 Å². The second-order valence-corrected chi connectivity index (χ2v) is 8.81. The maximum Gasteiger partial charge on any atom is 0.261 e. The number of amides is 1. The number of nitrogens with zero attached hydrogens (tertiary/aromatic N) is 1. The first-order chi connectivity index (χ1) is 12.9. The molecule has 0 spiro atoms. The third-order valence-corrected chi connectivity index (χ3v) is 6.69. The van der Waals surface area contributed by atoms with Gasteiger partial charge in [-0.25, -0.2) is 12.8 Å². The molecule has 2 aromatic carbocycles. The van der Waals surface area contributed by atoms with Crippen molar-refractivity contribution in [3.8, 4) is 0 Å². The van der Waals surface area contributed by atoms with Crippen LogP contribution in [0.15, 0.2) is 47.4 Å². The van der Waals surface area contributed by atoms with Crippen molar-refractivity contribution in [1.82, 2.24) is 0 Å². The predicted molar refractivity (Wildman–Crippen MR) is 102 cm³/mol. The zero-order valence-electron chi connectivity index (χ0n) is 14.8. The van der Waals surface area contributed by atoms with E-state index >= 15 is 0 Å². The zero-order chi connectivity index (χ0) is 19.0. The molecule has 142 valence electrons. The molecule has 0 aromatic heterocycles. The van der Waals surface area contributed by atoms with E-state index in [0.29, 0.717) is 12.2 Å². The second-order valence-electron chi connectivity index (χ2n) is 7.13. The minimum absolute atomic E-state index is 0.0728. The van der Waals surface area contributed by atoms with E-state index in [1.54, 1.807) is 17.0 Å². The summed E-state index contributed by atoms with van der Waals surface area (Å²) >= 11 is 0. The molecule has 1 aliphatic heterocycles. The minimum Gasteiger partial charge on any atom is -0.312 e. The van der Waals surface area contributed by atoms with E-state index in [1.807, 2.05) is 6.07 Å². The van der Waals surface area contributed by atoms with Gasteiger partial charge in [-0.05, 0) is 55.2 Å². The molecule has 0 bridgehead atoms. The van der Waals surface area contributed by atoms with Crippen LogP contribution in [0.1, 0.15) is 31.2 Å². The molecule has 4 rings (SSSR count). The van der Waals surface area contributed by atoms with Gasteiger partial charge in [0.05, 0.1) is 10.6 Å². The molecule has 0 radical (unpaired) electrons. The Morgan fingerprint density at radius 2 is 1.89 bits per heavy atom. The fraction of sp³-hybridized carbons (Fsp3) is 0.350. The van der Waals surface area contributed by atoms with Crippen LogP contribution in [0.3, 0.4) is 0 Å². The largest absolute Gasteiger partial charge is 0.312 e. The van der Waals surface area contributed by atoms with Crippen LogP contribution in [-0.4, -0.2) is 20.9 Å². The number of hydrogen-bond acceptors (Lipinski definition) is 3. The fourth-order valence-corrected chi connectivity index (χ4v) is 4.99. The Morgan fingerprint density at radius 3 is 2.63 bits per heavy atom. The molecule has 1 aliphatic carbocycles. The van der Waals surface area contributed by atoms with Crippen LogP contribution in [0.5, 0.6) is 0 Å². The quantitative estimate of drug-likeness (QED) is 0.868. The maximum atomic E-state index is 13.4. The summed E-state index contributed by atoms with van der Waals surface area (Å²) in [5.41, 5.74) is 2.17. The number of anilines is 2. The number of rotatable bonds is 4. The van der Waals surface area contributed by atoms with Crippen LogP contribution < -0.4 is 9.62 Å². The number of hydrogen-bond donors (Lipinski definition) is 1. The Kier molecular flexibility index (Phi) is 4.63. The molecule has 1 saturated carbocycles. The highest BCUT2D eigenvalue weighted by molar-refractivity contribution is 7.92. The highest BCUT2D eigenvalue weighted by Gasteiger charge is 2.32. The van der Waals surface area contributed by atoms with Gasteiger partial charge >= 0.3 is 0 Å². The molecule has 1 amide bonds. The Labute approximate surface area is 158 Å². The van der Waals surface area contributed by atoms with Crippen molar-refractivity contribution in [2.75, 3.05) is 16.2 Å². The molecule has 1 fully saturated rings. The summed E-state index contributed by atoms with van der Waals surface area (Å²) in [7, 11) is -3.90. The lowest BCUT2D eigenvalue weighted by molar-refractivity contribution is -0.122. The van der Waals surface area contributed by atoms with Crippen LogP contribution in [0.25, 0.3) is 0 Å². The van der Waals surface area contributed by atoms with E-state index in [2.05, 4.69) is 4.72 Å². The van der Waals surface area contributed by atoms with E-state index < -0.39 is 15.8 Å². The summed E-state index contributed by atoms with van der Waals surface area (Å²) < 4.78 is 40.9. The van der Waals surface area contributed by atoms with Gasteiger partial charge in [0.2, 0.25) is 5.91 Å². The summed E-state index contributed by atoms with van der Waals surface area (Å²) in [6.45, 7) is 0.630. The highest BCUT2D eigenvalue weighted by Crippen LogP contribution is 2.35. The van der Waals surface area contributed by atoms with E-state index in [-0.39, 0.29) is 16.7 Å². The predicted octanol–water partition coefficient (Wildman–Crippen LogP) is 3.71. The third-order valence-electron chi connectivity index (χ3n) is 5.31. The number of halogens is 1. The number of carbonyl (C=O) groups excluding carboxylic acids is 1. The summed E-state index contributed by atoms with van der Waals surface area (Å²) in [5, 5.41) is 0. The van der Waals surface area contributed by atoms with Gasteiger partial charge in [0.25, 0.3) is 10.0 Å². The standard InChI is InChI=1S/C20H21FN2O3S/c21-16-6-3-7-18(12-16)27(25,26)22-17-9-8-14-10-11-23(19(14)13-17)20(24)15-4-1-2-5-15/h3,6-9,12-13,15,22H,1-2,4-5,10-11H2. The summed E-state index contributed by atoms with van der Waals surface area (Å²) in [4.78, 5) is 14.5. The Hall–Kier alpha value is -2.41. The Balaban J connectivity index is 1.59. The first kappa shape index (κ1) is 18.0. The van der Waals surface area contributed by atoms with Crippen molar-refractivity contribution in [2.24, 2.45) is 5.92 Å². The van der Waals surface area contributed by atoms with Crippen molar-refractivity contribution in [3.63, 3.8) is 0 Å². The number of sulfonamides is 1. The molecule has 1 heterocycles. The molecule has 0 unspecified atom stereocenters. The van der Waals surface area contributed by atoms with Crippen molar-refractivity contribution in [3.05, 3.63) is 53.8 Å². The molecule has 0 atom stereocenters. The topological polar surface area (TPSA) is 66.5 Å². The second kappa shape index (κ2) is 6.96. The number of nitrogens with one attached hydrogen (secondary N) is 1. The summed E-state index contributed by atoms with van der Waals surface area (Å²) in [6, 6.07) is 10.1. The first-order valence-corrected chi connectivity index (χ1v) is 10.6. The Morgan fingerprint density at radius 1 is 1.11 bits per heavy atom. The van der Waals surface area contributed by atoms with Crippen molar-refractivity contribution >= 4 is 27.3 Å². The van der Waals surface area contributed by atoms with Gasteiger partial charge in [0.1, 0.15) is 5.82 Å². The smallest absolute Gasteiger partial charge is 0.261 e. The molecule has 0 saturated heterocycles. The number of fused-ring (bicyclic) bond motifs is 1. The Bertz CT molecular complexity index is 984. The van der Waals surface area contributed by atoms with Crippen LogP contribution in [0.4, 0.5) is 15.8 Å². The van der Waals surface area contributed by atoms with Crippen LogP contribution in [0, 0.1) is 11.7 Å². The maximum absolute atomic E-state index is 13.4. The monoisotopic (exact) mass is 388 g/mol. The number of carbonyl (C=O) groups is 1. The average molecular weight is 388 g/mol. The van der Waals surface area contributed by atoms with Gasteiger partial charge in [-0.2, -0.15) is 0 Å². The van der Waals surface area contributed by atoms with Crippen LogP contribution in [-0.2, 0) is 21.2 Å². The van der Waals surface area contributed by atoms with Gasteiger partial charge in [-0.3, -0.25) is 9.52 Å². The van der Waals surface area contributed by atoms with Crippen LogP contribution in [0.2, 0.25) is 0 Å². The first-order valence-electron chi connectivity index (χ1n) is 9.17. The number of benzene rings is 2. The normalized spacial score (nSPS) is 17.1. The van der Waals surface area contributed by atoms with Crippen molar-refractivity contribution in [2.45, 2.75) is 37.0 Å². The molecule has 5 nitrogen and oxygen atoms in total. The minimum atomic E-state index is -3.90. The molecular weight excluding hydrogens is 367 g/mol. The lowest BCUT2D eigenvalue weighted by Gasteiger charge is -2.21. The fourth-order valence-electron chi connectivity index (χ4n) is 3.91. The molecule has 2 aliphatic rings. The third kappa shape index (κ3) is 3.56. The summed E-state index contributed by atoms with van der Waals surface area (Å²) in [5.74, 6) is -0.403. The van der Waals surface area contributed by atoms with E-state index in [0.717, 1.165) is 49.4 Å². The summed E-state index contributed by atoms with van der Waals surface area (Å²) in [6.07, 6.45) is 4.80. The van der Waals surface area contributed by atoms with Crippen molar-refractivity contribution < 1.29 is 17.6 Å². The van der Waals surface area contributed by atoms with E-state index in [9.17, 15) is 17.6 Å². The average Bonchev–Trinajstić information content (AvgIpc) is 3.30. The van der Waals surface area contributed by atoms with Gasteiger partial charge in [-0.1, -0.05) is 25.0 Å². The zero-order valence-corrected chi connectivity index (χ0v) is 15.6. The van der Waals surface area contributed by atoms with E-state index in [1.165, 1.54) is 18.2 Å². The molecule has 7 heteroatoms. The molecule has 1 N–H and O–H groups in total. The molecular formula is C20H21FN2O3S.